The molecule has 1 heterocycles. The zero-order chi connectivity index (χ0) is 19.3. The minimum atomic E-state index is -1.06. The molecular weight excluding hydrogens is 380 g/mol. The van der Waals surface area contributed by atoms with E-state index >= 15 is 0 Å². The van der Waals surface area contributed by atoms with Crippen LogP contribution in [0.5, 0.6) is 5.75 Å². The number of nitrogens with two attached hydrogens (primary N) is 1. The van der Waals surface area contributed by atoms with Gasteiger partial charge >= 0.3 is 5.97 Å². The number of halogens is 1. The van der Waals surface area contributed by atoms with Crippen LogP contribution in [0.2, 0.25) is 5.02 Å². The second-order valence-electron chi connectivity index (χ2n) is 5.28. The fraction of sp³-hybridized carbons (Fsp3) is 0.235. The third-order valence-electron chi connectivity index (χ3n) is 3.42. The number of benzene rings is 1. The highest BCUT2D eigenvalue weighted by Gasteiger charge is 2.21. The van der Waals surface area contributed by atoms with Crippen molar-refractivity contribution in [1.29, 1.82) is 0 Å². The lowest BCUT2D eigenvalue weighted by molar-refractivity contribution is -0.152. The summed E-state index contributed by atoms with van der Waals surface area (Å²) in [7, 11) is 1.48. The predicted octanol–water partition coefficient (Wildman–Crippen LogP) is 2.62. The number of anilines is 1. The Kier molecular flexibility index (Phi) is 6.59. The molecule has 1 atom stereocenters. The van der Waals surface area contributed by atoms with Gasteiger partial charge in [-0.15, -0.1) is 11.3 Å². The Balaban J connectivity index is 1.98. The first-order valence-electron chi connectivity index (χ1n) is 7.52. The smallest absolute Gasteiger partial charge is 0.311 e. The number of primary amides is 1. The van der Waals surface area contributed by atoms with Crippen LogP contribution in [0, 0.1) is 0 Å². The highest BCUT2D eigenvalue weighted by Crippen LogP contribution is 2.24. The Morgan fingerprint density at radius 1 is 1.31 bits per heavy atom. The Bertz CT molecular complexity index is 836. The third kappa shape index (κ3) is 4.96. The molecule has 9 heteroatoms. The topological polar surface area (TPSA) is 108 Å². The zero-order valence-electron chi connectivity index (χ0n) is 14.1. The van der Waals surface area contributed by atoms with Gasteiger partial charge in [-0.05, 0) is 36.6 Å². The molecule has 2 rings (SSSR count). The number of carbonyl (C=O) groups excluding carboxylic acids is 3. The van der Waals surface area contributed by atoms with Gasteiger partial charge in [-0.25, -0.2) is 0 Å². The van der Waals surface area contributed by atoms with E-state index in [0.29, 0.717) is 21.3 Å². The molecule has 0 spiro atoms. The van der Waals surface area contributed by atoms with Gasteiger partial charge in [-0.2, -0.15) is 0 Å². The lowest BCUT2D eigenvalue weighted by atomic mass is 10.1. The van der Waals surface area contributed by atoms with E-state index in [1.807, 2.05) is 0 Å². The predicted molar refractivity (Wildman–Crippen MR) is 98.7 cm³/mol. The van der Waals surface area contributed by atoms with Crippen LogP contribution in [-0.2, 0) is 20.7 Å². The standard InChI is InChI=1S/C17H17ClN2O5S/c1-9(16(23)20-17-12(15(19)22)5-6-26-17)25-14(21)8-10-7-11(18)3-4-13(10)24-2/h3-7,9H,8H2,1-2H3,(H2,19,22)(H,20,23)/t9-/m1/s1. The molecule has 0 aliphatic carbocycles. The maximum Gasteiger partial charge on any atom is 0.311 e. The van der Waals surface area contributed by atoms with Crippen LogP contribution in [0.25, 0.3) is 0 Å². The molecule has 2 aromatic rings. The van der Waals surface area contributed by atoms with E-state index in [0.717, 1.165) is 11.3 Å². The molecule has 2 amide bonds. The number of rotatable bonds is 7. The molecule has 3 N–H and O–H groups in total. The number of carbonyl (C=O) groups is 3. The van der Waals surface area contributed by atoms with Crippen molar-refractivity contribution in [3.05, 3.63) is 45.8 Å². The minimum Gasteiger partial charge on any atom is -0.496 e. The highest BCUT2D eigenvalue weighted by molar-refractivity contribution is 7.14. The van der Waals surface area contributed by atoms with Gasteiger partial charge in [0.1, 0.15) is 10.8 Å². The molecule has 0 radical (unpaired) electrons. The van der Waals surface area contributed by atoms with Gasteiger partial charge in [0.15, 0.2) is 6.10 Å². The van der Waals surface area contributed by atoms with E-state index in [1.54, 1.807) is 23.6 Å². The van der Waals surface area contributed by atoms with E-state index in [-0.39, 0.29) is 12.0 Å². The van der Waals surface area contributed by atoms with Gasteiger partial charge < -0.3 is 20.5 Å². The van der Waals surface area contributed by atoms with Crippen LogP contribution in [0.15, 0.2) is 29.6 Å². The maximum absolute atomic E-state index is 12.2. The van der Waals surface area contributed by atoms with Gasteiger partial charge in [-0.3, -0.25) is 14.4 Å². The van der Waals surface area contributed by atoms with Gasteiger partial charge in [0, 0.05) is 10.6 Å². The molecule has 26 heavy (non-hydrogen) atoms. The summed E-state index contributed by atoms with van der Waals surface area (Å²) < 4.78 is 10.3. The van der Waals surface area contributed by atoms with Crippen molar-refractivity contribution < 1.29 is 23.9 Å². The van der Waals surface area contributed by atoms with E-state index in [2.05, 4.69) is 5.32 Å². The number of ether oxygens (including phenoxy) is 2. The summed E-state index contributed by atoms with van der Waals surface area (Å²) in [5, 5.41) is 4.91. The van der Waals surface area contributed by atoms with Crippen molar-refractivity contribution >= 4 is 45.7 Å². The summed E-state index contributed by atoms with van der Waals surface area (Å²) in [4.78, 5) is 35.6. The van der Waals surface area contributed by atoms with Crippen LogP contribution < -0.4 is 15.8 Å². The molecule has 1 aromatic carbocycles. The lowest BCUT2D eigenvalue weighted by Crippen LogP contribution is -2.31. The molecule has 0 saturated carbocycles. The first-order chi connectivity index (χ1) is 12.3. The summed E-state index contributed by atoms with van der Waals surface area (Å²) in [6.07, 6.45) is -1.16. The Hall–Kier alpha value is -2.58. The van der Waals surface area contributed by atoms with Crippen molar-refractivity contribution in [2.24, 2.45) is 5.73 Å². The summed E-state index contributed by atoms with van der Waals surface area (Å²) in [5.41, 5.74) is 5.97. The first-order valence-corrected chi connectivity index (χ1v) is 8.77. The van der Waals surface area contributed by atoms with Gasteiger partial charge in [0.05, 0.1) is 19.1 Å². The third-order valence-corrected chi connectivity index (χ3v) is 4.49. The molecule has 138 valence electrons. The largest absolute Gasteiger partial charge is 0.496 e. The number of nitrogens with one attached hydrogen (secondary N) is 1. The normalized spacial score (nSPS) is 11.5. The number of thiophene rings is 1. The maximum atomic E-state index is 12.2. The second kappa shape index (κ2) is 8.68. The molecule has 1 aromatic heterocycles. The molecule has 0 aliphatic rings. The quantitative estimate of drug-likeness (QED) is 0.699. The molecule has 0 fully saturated rings. The monoisotopic (exact) mass is 396 g/mol. The lowest BCUT2D eigenvalue weighted by Gasteiger charge is -2.14. The highest BCUT2D eigenvalue weighted by atomic mass is 35.5. The average molecular weight is 397 g/mol. The van der Waals surface area contributed by atoms with Crippen LogP contribution in [0.3, 0.4) is 0 Å². The van der Waals surface area contributed by atoms with Crippen molar-refractivity contribution in [2.45, 2.75) is 19.4 Å². The first kappa shape index (κ1) is 19.7. The Morgan fingerprint density at radius 3 is 2.69 bits per heavy atom. The van der Waals surface area contributed by atoms with Gasteiger partial charge in [0.25, 0.3) is 11.8 Å². The number of hydrogen-bond donors (Lipinski definition) is 2. The van der Waals surface area contributed by atoms with E-state index in [9.17, 15) is 14.4 Å². The Morgan fingerprint density at radius 2 is 2.04 bits per heavy atom. The van der Waals surface area contributed by atoms with Crippen LogP contribution >= 0.6 is 22.9 Å². The van der Waals surface area contributed by atoms with Crippen LogP contribution in [0.1, 0.15) is 22.8 Å². The van der Waals surface area contributed by atoms with Crippen molar-refractivity contribution in [3.63, 3.8) is 0 Å². The van der Waals surface area contributed by atoms with Crippen LogP contribution in [0.4, 0.5) is 5.00 Å². The molecule has 0 aliphatic heterocycles. The van der Waals surface area contributed by atoms with E-state index < -0.39 is 23.9 Å². The van der Waals surface area contributed by atoms with Crippen molar-refractivity contribution in [3.8, 4) is 5.75 Å². The van der Waals surface area contributed by atoms with E-state index in [4.69, 9.17) is 26.8 Å². The summed E-state index contributed by atoms with van der Waals surface area (Å²) in [5.74, 6) is -1.34. The number of esters is 1. The number of amides is 2. The average Bonchev–Trinajstić information content (AvgIpc) is 3.03. The van der Waals surface area contributed by atoms with Crippen molar-refractivity contribution in [1.82, 2.24) is 0 Å². The Labute approximate surface area is 159 Å². The summed E-state index contributed by atoms with van der Waals surface area (Å²) >= 11 is 7.07. The molecule has 7 nitrogen and oxygen atoms in total. The van der Waals surface area contributed by atoms with Gasteiger partial charge in [-0.1, -0.05) is 11.6 Å². The fourth-order valence-corrected chi connectivity index (χ4v) is 3.14. The summed E-state index contributed by atoms with van der Waals surface area (Å²) in [6, 6.07) is 6.38. The fourth-order valence-electron chi connectivity index (χ4n) is 2.15. The van der Waals surface area contributed by atoms with Crippen LogP contribution in [-0.4, -0.2) is 31.0 Å². The zero-order valence-corrected chi connectivity index (χ0v) is 15.6. The van der Waals surface area contributed by atoms with E-state index in [1.165, 1.54) is 20.1 Å². The SMILES string of the molecule is COc1ccc(Cl)cc1CC(=O)O[C@H](C)C(=O)Nc1sccc1C(N)=O. The number of hydrogen-bond acceptors (Lipinski definition) is 6. The molecule has 0 unspecified atom stereocenters. The molecular formula is C17H17ClN2O5S. The molecule has 0 saturated heterocycles. The summed E-state index contributed by atoms with van der Waals surface area (Å²) in [6.45, 7) is 1.43. The molecule has 0 bridgehead atoms. The number of methoxy groups -OCH3 is 1. The van der Waals surface area contributed by atoms with Crippen molar-refractivity contribution in [2.75, 3.05) is 12.4 Å². The van der Waals surface area contributed by atoms with Gasteiger partial charge in [0.2, 0.25) is 0 Å². The second-order valence-corrected chi connectivity index (χ2v) is 6.63. The minimum absolute atomic E-state index is 0.104.